The third kappa shape index (κ3) is 4.58. The number of rotatable bonds is 5. The highest BCUT2D eigenvalue weighted by Gasteiger charge is 2.29. The molecule has 3 rings (SSSR count). The molecule has 0 spiro atoms. The molecule has 1 aromatic carbocycles. The van der Waals surface area contributed by atoms with E-state index in [0.29, 0.717) is 10.8 Å². The number of thioether (sulfide) groups is 1. The number of hydrogen-bond donors (Lipinski definition) is 2. The van der Waals surface area contributed by atoms with Gasteiger partial charge in [0.2, 0.25) is 11.8 Å². The molecule has 0 aliphatic carbocycles. The van der Waals surface area contributed by atoms with Gasteiger partial charge in [-0.15, -0.1) is 23.1 Å². The fraction of sp³-hybridized carbons (Fsp3) is 0.250. The number of aromatic nitrogens is 1. The fourth-order valence-electron chi connectivity index (χ4n) is 2.17. The van der Waals surface area contributed by atoms with E-state index < -0.39 is 11.2 Å². The van der Waals surface area contributed by atoms with Crippen molar-refractivity contribution in [2.45, 2.75) is 30.1 Å². The number of nitrogens with zero attached hydrogens (tertiary/aromatic N) is 1. The lowest BCUT2D eigenvalue weighted by Gasteiger charge is -2.23. The predicted octanol–water partition coefficient (Wildman–Crippen LogP) is 2.65. The second kappa shape index (κ2) is 7.66. The van der Waals surface area contributed by atoms with Crippen LogP contribution in [0.2, 0.25) is 0 Å². The average Bonchev–Trinajstić information content (AvgIpc) is 3.00. The molecule has 0 bridgehead atoms. The number of thiazole rings is 1. The van der Waals surface area contributed by atoms with Gasteiger partial charge in [0.15, 0.2) is 5.13 Å². The van der Waals surface area contributed by atoms with Gasteiger partial charge in [-0.2, -0.15) is 0 Å². The third-order valence-electron chi connectivity index (χ3n) is 3.27. The summed E-state index contributed by atoms with van der Waals surface area (Å²) in [7, 11) is 0. The van der Waals surface area contributed by atoms with Gasteiger partial charge in [0.05, 0.1) is 23.1 Å². The minimum Gasteiger partial charge on any atom is -0.459 e. The summed E-state index contributed by atoms with van der Waals surface area (Å²) < 4.78 is 5.18. The number of nitrogens with one attached hydrogen (secondary N) is 2. The molecule has 9 heteroatoms. The normalized spacial score (nSPS) is 15.9. The van der Waals surface area contributed by atoms with Crippen LogP contribution in [0.15, 0.2) is 34.5 Å². The number of carbonyl (C=O) groups is 3. The van der Waals surface area contributed by atoms with Crippen molar-refractivity contribution in [3.8, 4) is 0 Å². The van der Waals surface area contributed by atoms with Crippen LogP contribution in [0.3, 0.4) is 0 Å². The van der Waals surface area contributed by atoms with E-state index in [0.717, 1.165) is 10.6 Å². The van der Waals surface area contributed by atoms with E-state index in [4.69, 9.17) is 4.74 Å². The zero-order valence-corrected chi connectivity index (χ0v) is 14.9. The summed E-state index contributed by atoms with van der Waals surface area (Å²) in [5.74, 6) is -0.887. The molecule has 0 unspecified atom stereocenters. The number of fused-ring (bicyclic) bond motifs is 1. The lowest BCUT2D eigenvalue weighted by atomic mass is 10.2. The van der Waals surface area contributed by atoms with E-state index >= 15 is 0 Å². The minimum absolute atomic E-state index is 0.00447. The van der Waals surface area contributed by atoms with Crippen LogP contribution >= 0.6 is 23.1 Å². The van der Waals surface area contributed by atoms with Gasteiger partial charge in [-0.25, -0.2) is 4.98 Å². The predicted molar refractivity (Wildman–Crippen MR) is 95.5 cm³/mol. The molecule has 130 valence electrons. The average molecular weight is 377 g/mol. The van der Waals surface area contributed by atoms with Crippen molar-refractivity contribution in [1.29, 1.82) is 0 Å². The summed E-state index contributed by atoms with van der Waals surface area (Å²) in [5, 5.41) is 7.00. The maximum Gasteiger partial charge on any atom is 0.307 e. The van der Waals surface area contributed by atoms with Gasteiger partial charge in [-0.3, -0.25) is 14.4 Å². The SMILES string of the molecule is CC(=O)Nc1nc(COC(=O)C[C@@H]2Sc3ccccc3NC2=O)cs1. The first kappa shape index (κ1) is 17.4. The standard InChI is InChI=1S/C16H15N3O4S2/c1-9(20)17-16-18-10(8-24-16)7-23-14(21)6-13-15(22)19-11-4-2-3-5-12(11)25-13/h2-5,8,13H,6-7H2,1H3,(H,19,22)(H,17,18,20)/t13-/m0/s1. The Bertz CT molecular complexity index is 821. The maximum atomic E-state index is 12.1. The van der Waals surface area contributed by atoms with Crippen molar-refractivity contribution >= 4 is 51.7 Å². The Morgan fingerprint density at radius 3 is 2.96 bits per heavy atom. The molecule has 2 aromatic rings. The quantitative estimate of drug-likeness (QED) is 0.778. The molecule has 2 N–H and O–H groups in total. The Balaban J connectivity index is 1.52. The number of anilines is 2. The van der Waals surface area contributed by atoms with E-state index in [1.165, 1.54) is 30.0 Å². The molecule has 1 atom stereocenters. The zero-order valence-electron chi connectivity index (χ0n) is 13.3. The number of para-hydroxylation sites is 1. The summed E-state index contributed by atoms with van der Waals surface area (Å²) in [6, 6.07) is 7.45. The van der Waals surface area contributed by atoms with Gasteiger partial charge in [-0.1, -0.05) is 12.1 Å². The van der Waals surface area contributed by atoms with Crippen LogP contribution < -0.4 is 10.6 Å². The summed E-state index contributed by atoms with van der Waals surface area (Å²) in [6.07, 6.45) is -0.0203. The van der Waals surface area contributed by atoms with E-state index in [1.54, 1.807) is 5.38 Å². The summed E-state index contributed by atoms with van der Waals surface area (Å²) in [4.78, 5) is 40.1. The molecule has 2 amide bonds. The number of carbonyl (C=O) groups excluding carboxylic acids is 3. The molecular formula is C16H15N3O4S2. The van der Waals surface area contributed by atoms with Crippen molar-refractivity contribution in [3.63, 3.8) is 0 Å². The monoisotopic (exact) mass is 377 g/mol. The van der Waals surface area contributed by atoms with Crippen LogP contribution in [-0.4, -0.2) is 28.0 Å². The number of benzene rings is 1. The Labute approximate surface area is 152 Å². The topological polar surface area (TPSA) is 97.4 Å². The Hall–Kier alpha value is -2.39. The number of esters is 1. The molecule has 0 fully saturated rings. The van der Waals surface area contributed by atoms with Crippen LogP contribution in [0.25, 0.3) is 0 Å². The first-order chi connectivity index (χ1) is 12.0. The molecule has 25 heavy (non-hydrogen) atoms. The highest BCUT2D eigenvalue weighted by molar-refractivity contribution is 8.01. The summed E-state index contributed by atoms with van der Waals surface area (Å²) >= 11 is 2.61. The molecule has 1 aromatic heterocycles. The van der Waals surface area contributed by atoms with E-state index in [2.05, 4.69) is 15.6 Å². The second-order valence-electron chi connectivity index (χ2n) is 5.28. The van der Waals surface area contributed by atoms with E-state index in [9.17, 15) is 14.4 Å². The van der Waals surface area contributed by atoms with E-state index in [-0.39, 0.29) is 24.8 Å². The van der Waals surface area contributed by atoms with Crippen LogP contribution in [0.1, 0.15) is 19.0 Å². The van der Waals surface area contributed by atoms with Gasteiger partial charge in [0.25, 0.3) is 0 Å². The van der Waals surface area contributed by atoms with Gasteiger partial charge < -0.3 is 15.4 Å². The van der Waals surface area contributed by atoms with Gasteiger partial charge in [0.1, 0.15) is 6.61 Å². The van der Waals surface area contributed by atoms with E-state index in [1.807, 2.05) is 24.3 Å². The van der Waals surface area contributed by atoms with Crippen LogP contribution in [-0.2, 0) is 25.7 Å². The third-order valence-corrected chi connectivity index (χ3v) is 5.36. The molecule has 0 radical (unpaired) electrons. The Morgan fingerprint density at radius 1 is 1.36 bits per heavy atom. The molecule has 1 aliphatic rings. The van der Waals surface area contributed by atoms with Crippen molar-refractivity contribution in [3.05, 3.63) is 35.3 Å². The highest BCUT2D eigenvalue weighted by Crippen LogP contribution is 2.36. The largest absolute Gasteiger partial charge is 0.459 e. The summed E-state index contributed by atoms with van der Waals surface area (Å²) in [6.45, 7) is 1.40. The number of amides is 2. The Morgan fingerprint density at radius 2 is 2.16 bits per heavy atom. The van der Waals surface area contributed by atoms with Gasteiger partial charge >= 0.3 is 5.97 Å². The van der Waals surface area contributed by atoms with Crippen molar-refractivity contribution < 1.29 is 19.1 Å². The molecular weight excluding hydrogens is 362 g/mol. The first-order valence-corrected chi connectivity index (χ1v) is 9.21. The van der Waals surface area contributed by atoms with Crippen LogP contribution in [0.5, 0.6) is 0 Å². The maximum absolute atomic E-state index is 12.1. The lowest BCUT2D eigenvalue weighted by Crippen LogP contribution is -2.31. The number of hydrogen-bond acceptors (Lipinski definition) is 7. The van der Waals surface area contributed by atoms with Gasteiger partial charge in [0, 0.05) is 17.2 Å². The van der Waals surface area contributed by atoms with Crippen LogP contribution in [0.4, 0.5) is 10.8 Å². The molecule has 0 saturated heterocycles. The second-order valence-corrected chi connectivity index (χ2v) is 7.38. The molecule has 7 nitrogen and oxygen atoms in total. The first-order valence-electron chi connectivity index (χ1n) is 7.45. The lowest BCUT2D eigenvalue weighted by molar-refractivity contribution is -0.145. The zero-order chi connectivity index (χ0) is 17.8. The molecule has 0 saturated carbocycles. The van der Waals surface area contributed by atoms with Crippen molar-refractivity contribution in [2.24, 2.45) is 0 Å². The fourth-order valence-corrected chi connectivity index (χ4v) is 4.01. The Kier molecular flexibility index (Phi) is 5.34. The van der Waals surface area contributed by atoms with Gasteiger partial charge in [-0.05, 0) is 12.1 Å². The summed E-state index contributed by atoms with van der Waals surface area (Å²) in [5.41, 5.74) is 1.31. The molecule has 2 heterocycles. The van der Waals surface area contributed by atoms with Crippen molar-refractivity contribution in [1.82, 2.24) is 4.98 Å². The number of ether oxygens (including phenoxy) is 1. The van der Waals surface area contributed by atoms with Crippen molar-refractivity contribution in [2.75, 3.05) is 10.6 Å². The smallest absolute Gasteiger partial charge is 0.307 e. The molecule has 1 aliphatic heterocycles. The highest BCUT2D eigenvalue weighted by atomic mass is 32.2. The minimum atomic E-state index is -0.521. The van der Waals surface area contributed by atoms with Crippen LogP contribution in [0, 0.1) is 0 Å².